The molecule has 5 nitrogen and oxygen atoms in total. The fraction of sp³-hybridized carbons (Fsp3) is 0.240. The molecule has 0 unspecified atom stereocenters. The Morgan fingerprint density at radius 2 is 1.43 bits per heavy atom. The topological polar surface area (TPSA) is 49.3 Å². The summed E-state index contributed by atoms with van der Waals surface area (Å²) in [5.74, 6) is 7.09. The maximum absolute atomic E-state index is 13.0. The molecule has 0 N–H and O–H groups in total. The monoisotopic (exact) mass is 396 g/mol. The largest absolute Gasteiger partial charge is 0.337 e. The van der Waals surface area contributed by atoms with Crippen LogP contribution in [-0.2, 0) is 0 Å². The molecular weight excluding hydrogens is 372 g/mol. The molecular formula is C25H24N4O. The minimum absolute atomic E-state index is 0.0411. The van der Waals surface area contributed by atoms with E-state index in [1.165, 1.54) is 0 Å². The van der Waals surface area contributed by atoms with Crippen LogP contribution in [0, 0.1) is 25.7 Å². The number of nitrogens with zero attached hydrogens (tertiary/aromatic N) is 4. The number of rotatable bonds is 2. The van der Waals surface area contributed by atoms with E-state index < -0.39 is 0 Å². The van der Waals surface area contributed by atoms with Gasteiger partial charge in [0.2, 0.25) is 5.95 Å². The molecule has 1 aromatic heterocycles. The van der Waals surface area contributed by atoms with E-state index in [-0.39, 0.29) is 5.91 Å². The summed E-state index contributed by atoms with van der Waals surface area (Å²) in [5, 5.41) is 0. The van der Waals surface area contributed by atoms with Gasteiger partial charge in [-0.1, -0.05) is 36.1 Å². The van der Waals surface area contributed by atoms with Crippen LogP contribution in [0.5, 0.6) is 0 Å². The Balaban J connectivity index is 1.43. The number of benzene rings is 2. The van der Waals surface area contributed by atoms with E-state index in [2.05, 4.69) is 26.7 Å². The third-order valence-corrected chi connectivity index (χ3v) is 5.05. The van der Waals surface area contributed by atoms with Gasteiger partial charge >= 0.3 is 0 Å². The number of aromatic nitrogens is 2. The molecule has 0 spiro atoms. The minimum Gasteiger partial charge on any atom is -0.337 e. The van der Waals surface area contributed by atoms with Crippen molar-refractivity contribution in [2.24, 2.45) is 0 Å². The second-order valence-electron chi connectivity index (χ2n) is 7.43. The molecule has 1 fully saturated rings. The van der Waals surface area contributed by atoms with Crippen molar-refractivity contribution < 1.29 is 4.79 Å². The lowest BCUT2D eigenvalue weighted by Crippen LogP contribution is -2.49. The van der Waals surface area contributed by atoms with Crippen molar-refractivity contribution in [1.82, 2.24) is 14.9 Å². The standard InChI is InChI=1S/C25H24N4O/c1-19-17-20(2)27-25(26-19)29-15-13-28(14-16-29)24(30)23-10-6-9-22(18-23)12-11-21-7-4-3-5-8-21/h3-10,17-18H,13-16H2,1-2H3. The van der Waals surface area contributed by atoms with Gasteiger partial charge in [-0.15, -0.1) is 0 Å². The van der Waals surface area contributed by atoms with Gasteiger partial charge in [0.1, 0.15) is 0 Å². The number of hydrogen-bond donors (Lipinski definition) is 0. The van der Waals surface area contributed by atoms with Crippen molar-refractivity contribution in [2.45, 2.75) is 13.8 Å². The Hall–Kier alpha value is -3.65. The average Bonchev–Trinajstić information content (AvgIpc) is 2.77. The molecule has 1 aliphatic heterocycles. The predicted octanol–water partition coefficient (Wildman–Crippen LogP) is 3.46. The molecule has 2 aromatic carbocycles. The van der Waals surface area contributed by atoms with E-state index in [4.69, 9.17) is 0 Å². The maximum atomic E-state index is 13.0. The summed E-state index contributed by atoms with van der Waals surface area (Å²) in [4.78, 5) is 26.1. The number of amides is 1. The van der Waals surface area contributed by atoms with Gasteiger partial charge in [-0.25, -0.2) is 9.97 Å². The fourth-order valence-corrected chi connectivity index (χ4v) is 3.54. The van der Waals surface area contributed by atoms with Gasteiger partial charge < -0.3 is 9.80 Å². The summed E-state index contributed by atoms with van der Waals surface area (Å²) in [6, 6.07) is 19.4. The van der Waals surface area contributed by atoms with E-state index in [1.807, 2.05) is 79.4 Å². The Bertz CT molecular complexity index is 1090. The van der Waals surface area contributed by atoms with Gasteiger partial charge in [0, 0.05) is 54.3 Å². The maximum Gasteiger partial charge on any atom is 0.254 e. The molecule has 150 valence electrons. The molecule has 2 heterocycles. The third-order valence-electron chi connectivity index (χ3n) is 5.05. The number of piperazine rings is 1. The van der Waals surface area contributed by atoms with Crippen LogP contribution in [0.15, 0.2) is 60.7 Å². The van der Waals surface area contributed by atoms with Crippen LogP contribution in [0.4, 0.5) is 5.95 Å². The normalized spacial score (nSPS) is 13.5. The van der Waals surface area contributed by atoms with Crippen LogP contribution in [-0.4, -0.2) is 47.0 Å². The zero-order valence-electron chi connectivity index (χ0n) is 17.3. The van der Waals surface area contributed by atoms with Crippen LogP contribution in [0.1, 0.15) is 32.9 Å². The third kappa shape index (κ3) is 4.66. The highest BCUT2D eigenvalue weighted by atomic mass is 16.2. The van der Waals surface area contributed by atoms with Crippen LogP contribution in [0.3, 0.4) is 0 Å². The van der Waals surface area contributed by atoms with Crippen molar-refractivity contribution in [1.29, 1.82) is 0 Å². The first-order chi connectivity index (χ1) is 14.6. The van der Waals surface area contributed by atoms with Crippen LogP contribution in [0.2, 0.25) is 0 Å². The SMILES string of the molecule is Cc1cc(C)nc(N2CCN(C(=O)c3cccc(C#Cc4ccccc4)c3)CC2)n1. The van der Waals surface area contributed by atoms with Crippen molar-refractivity contribution in [2.75, 3.05) is 31.1 Å². The highest BCUT2D eigenvalue weighted by molar-refractivity contribution is 5.94. The summed E-state index contributed by atoms with van der Waals surface area (Å²) in [6.07, 6.45) is 0. The summed E-state index contributed by atoms with van der Waals surface area (Å²) in [5.41, 5.74) is 4.39. The molecule has 0 aliphatic carbocycles. The van der Waals surface area contributed by atoms with E-state index in [0.717, 1.165) is 41.6 Å². The number of anilines is 1. The molecule has 0 saturated carbocycles. The van der Waals surface area contributed by atoms with Gasteiger partial charge in [0.05, 0.1) is 0 Å². The van der Waals surface area contributed by atoms with E-state index in [9.17, 15) is 4.79 Å². The molecule has 0 radical (unpaired) electrons. The quantitative estimate of drug-likeness (QED) is 0.623. The lowest BCUT2D eigenvalue weighted by Gasteiger charge is -2.35. The minimum atomic E-state index is 0.0411. The fourth-order valence-electron chi connectivity index (χ4n) is 3.54. The Kier molecular flexibility index (Phi) is 5.76. The Morgan fingerprint density at radius 3 is 2.13 bits per heavy atom. The van der Waals surface area contributed by atoms with Gasteiger partial charge in [-0.05, 0) is 50.2 Å². The lowest BCUT2D eigenvalue weighted by molar-refractivity contribution is 0.0746. The summed E-state index contributed by atoms with van der Waals surface area (Å²) in [6.45, 7) is 6.70. The summed E-state index contributed by atoms with van der Waals surface area (Å²) >= 11 is 0. The van der Waals surface area contributed by atoms with Gasteiger partial charge in [0.15, 0.2) is 0 Å². The van der Waals surface area contributed by atoms with Gasteiger partial charge in [-0.3, -0.25) is 4.79 Å². The Labute approximate surface area is 177 Å². The molecule has 1 saturated heterocycles. The molecule has 4 rings (SSSR count). The smallest absolute Gasteiger partial charge is 0.254 e. The van der Waals surface area contributed by atoms with E-state index >= 15 is 0 Å². The molecule has 0 bridgehead atoms. The highest BCUT2D eigenvalue weighted by Crippen LogP contribution is 2.15. The van der Waals surface area contributed by atoms with E-state index in [1.54, 1.807) is 0 Å². The zero-order chi connectivity index (χ0) is 20.9. The number of carbonyl (C=O) groups excluding carboxylic acids is 1. The first kappa shape index (κ1) is 19.7. The molecule has 3 aromatic rings. The average molecular weight is 396 g/mol. The second kappa shape index (κ2) is 8.79. The molecule has 5 heteroatoms. The van der Waals surface area contributed by atoms with Crippen molar-refractivity contribution in [3.8, 4) is 11.8 Å². The van der Waals surface area contributed by atoms with Crippen LogP contribution < -0.4 is 4.90 Å². The molecule has 1 amide bonds. The molecule has 1 aliphatic rings. The van der Waals surface area contributed by atoms with Crippen molar-refractivity contribution >= 4 is 11.9 Å². The van der Waals surface area contributed by atoms with Crippen molar-refractivity contribution in [3.05, 3.63) is 88.7 Å². The van der Waals surface area contributed by atoms with Gasteiger partial charge in [-0.2, -0.15) is 0 Å². The number of hydrogen-bond acceptors (Lipinski definition) is 4. The van der Waals surface area contributed by atoms with E-state index in [0.29, 0.717) is 18.7 Å². The predicted molar refractivity (Wildman–Crippen MR) is 118 cm³/mol. The van der Waals surface area contributed by atoms with Crippen LogP contribution in [0.25, 0.3) is 0 Å². The Morgan fingerprint density at radius 1 is 0.800 bits per heavy atom. The van der Waals surface area contributed by atoms with Crippen molar-refractivity contribution in [3.63, 3.8) is 0 Å². The summed E-state index contributed by atoms with van der Waals surface area (Å²) in [7, 11) is 0. The van der Waals surface area contributed by atoms with Gasteiger partial charge in [0.25, 0.3) is 5.91 Å². The molecule has 30 heavy (non-hydrogen) atoms. The molecule has 0 atom stereocenters. The second-order valence-corrected chi connectivity index (χ2v) is 7.43. The first-order valence-corrected chi connectivity index (χ1v) is 10.1. The number of aryl methyl sites for hydroxylation is 2. The lowest BCUT2D eigenvalue weighted by atomic mass is 10.1. The van der Waals surface area contributed by atoms with Crippen LogP contribution >= 0.6 is 0 Å². The number of carbonyl (C=O) groups is 1. The highest BCUT2D eigenvalue weighted by Gasteiger charge is 2.23. The zero-order valence-corrected chi connectivity index (χ0v) is 17.3. The first-order valence-electron chi connectivity index (χ1n) is 10.1. The summed E-state index contributed by atoms with van der Waals surface area (Å²) < 4.78 is 0.